The van der Waals surface area contributed by atoms with Gasteiger partial charge in [-0.3, -0.25) is 0 Å². The molecular formula is C10H22O2Si2. The van der Waals surface area contributed by atoms with Crippen LogP contribution in [0.15, 0.2) is 12.7 Å². The van der Waals surface area contributed by atoms with E-state index in [2.05, 4.69) is 45.9 Å². The lowest BCUT2D eigenvalue weighted by molar-refractivity contribution is -0.137. The van der Waals surface area contributed by atoms with Crippen molar-refractivity contribution >= 4 is 22.1 Å². The molecule has 4 heteroatoms. The third-order valence-electron chi connectivity index (χ3n) is 1.97. The molecule has 0 aliphatic carbocycles. The summed E-state index contributed by atoms with van der Waals surface area (Å²) in [5.41, 5.74) is 0. The maximum absolute atomic E-state index is 11.2. The highest BCUT2D eigenvalue weighted by Gasteiger charge is 2.40. The molecule has 0 atom stereocenters. The van der Waals surface area contributed by atoms with Gasteiger partial charge in [-0.25, -0.2) is 4.79 Å². The molecule has 0 bridgehead atoms. The molecule has 0 saturated carbocycles. The lowest BCUT2D eigenvalue weighted by Crippen LogP contribution is -2.56. The number of hydrogen-bond acceptors (Lipinski definition) is 2. The van der Waals surface area contributed by atoms with E-state index in [1.807, 2.05) is 0 Å². The van der Waals surface area contributed by atoms with E-state index in [1.165, 1.54) is 6.08 Å². The molecule has 0 N–H and O–H groups in total. The second kappa shape index (κ2) is 4.44. The van der Waals surface area contributed by atoms with E-state index in [0.717, 1.165) is 0 Å². The summed E-state index contributed by atoms with van der Waals surface area (Å²) < 4.78 is 5.49. The summed E-state index contributed by atoms with van der Waals surface area (Å²) in [6, 6.07) is 0. The summed E-state index contributed by atoms with van der Waals surface area (Å²) in [7, 11) is -2.86. The van der Waals surface area contributed by atoms with Crippen molar-refractivity contribution in [1.82, 2.24) is 0 Å². The van der Waals surface area contributed by atoms with Crippen molar-refractivity contribution in [3.8, 4) is 0 Å². The molecular weight excluding hydrogens is 208 g/mol. The number of hydrogen-bond donors (Lipinski definition) is 0. The Morgan fingerprint density at radius 3 is 1.71 bits per heavy atom. The van der Waals surface area contributed by atoms with Crippen molar-refractivity contribution in [2.75, 3.05) is 0 Å². The number of rotatable bonds is 4. The smallest absolute Gasteiger partial charge is 0.329 e. The molecule has 0 spiro atoms. The summed E-state index contributed by atoms with van der Waals surface area (Å²) in [4.78, 5) is 11.2. The van der Waals surface area contributed by atoms with Crippen molar-refractivity contribution in [1.29, 1.82) is 0 Å². The molecule has 0 saturated heterocycles. The molecule has 0 aromatic carbocycles. The average Bonchev–Trinajstić information content (AvgIpc) is 1.95. The van der Waals surface area contributed by atoms with Gasteiger partial charge in [0, 0.05) is 6.08 Å². The standard InChI is InChI=1S/C10H22O2Si2/c1-8-9(11)12-10(13(2,3)4)14(5,6)7/h8,10H,1H2,2-7H3. The molecule has 2 nitrogen and oxygen atoms in total. The molecule has 0 rings (SSSR count). The second-order valence-corrected chi connectivity index (χ2v) is 16.8. The maximum Gasteiger partial charge on any atom is 0.329 e. The summed E-state index contributed by atoms with van der Waals surface area (Å²) in [5.74, 6) is -0.278. The van der Waals surface area contributed by atoms with Gasteiger partial charge in [0.2, 0.25) is 0 Å². The van der Waals surface area contributed by atoms with Gasteiger partial charge < -0.3 is 4.74 Å². The molecule has 14 heavy (non-hydrogen) atoms. The van der Waals surface area contributed by atoms with E-state index in [9.17, 15) is 4.79 Å². The van der Waals surface area contributed by atoms with E-state index in [4.69, 9.17) is 4.74 Å². The average molecular weight is 230 g/mol. The summed E-state index contributed by atoms with van der Waals surface area (Å²) in [6.45, 7) is 16.9. The van der Waals surface area contributed by atoms with Gasteiger partial charge in [-0.15, -0.1) is 0 Å². The molecule has 0 unspecified atom stereocenters. The fourth-order valence-electron chi connectivity index (χ4n) is 1.82. The zero-order valence-electron chi connectivity index (χ0n) is 10.2. The molecule has 0 aromatic rings. The van der Waals surface area contributed by atoms with Crippen LogP contribution in [0.4, 0.5) is 0 Å². The molecule has 0 heterocycles. The minimum atomic E-state index is -1.43. The topological polar surface area (TPSA) is 26.3 Å². The Hall–Kier alpha value is -0.356. The fourth-order valence-corrected chi connectivity index (χ4v) is 13.1. The Kier molecular flexibility index (Phi) is 4.33. The van der Waals surface area contributed by atoms with E-state index in [-0.39, 0.29) is 11.3 Å². The van der Waals surface area contributed by atoms with Gasteiger partial charge in [-0.1, -0.05) is 45.9 Å². The van der Waals surface area contributed by atoms with Crippen LogP contribution in [0.1, 0.15) is 0 Å². The van der Waals surface area contributed by atoms with Crippen LogP contribution in [-0.4, -0.2) is 27.5 Å². The van der Waals surface area contributed by atoms with Gasteiger partial charge >= 0.3 is 5.97 Å². The zero-order valence-corrected chi connectivity index (χ0v) is 12.2. The Morgan fingerprint density at radius 1 is 1.14 bits per heavy atom. The summed E-state index contributed by atoms with van der Waals surface area (Å²) >= 11 is 0. The normalized spacial score (nSPS) is 12.8. The summed E-state index contributed by atoms with van der Waals surface area (Å²) in [6.07, 6.45) is 1.26. The number of esters is 1. The minimum absolute atomic E-state index is 0.167. The third kappa shape index (κ3) is 4.24. The van der Waals surface area contributed by atoms with E-state index >= 15 is 0 Å². The van der Waals surface area contributed by atoms with Gasteiger partial charge in [0.15, 0.2) is 0 Å². The predicted molar refractivity (Wildman–Crippen MR) is 66.8 cm³/mol. The first-order valence-corrected chi connectivity index (χ1v) is 12.1. The van der Waals surface area contributed by atoms with Crippen LogP contribution in [0.2, 0.25) is 39.3 Å². The van der Waals surface area contributed by atoms with Crippen molar-refractivity contribution in [3.05, 3.63) is 12.7 Å². The highest BCUT2D eigenvalue weighted by Crippen LogP contribution is 2.22. The molecule has 0 radical (unpaired) electrons. The number of carbonyl (C=O) groups is 1. The monoisotopic (exact) mass is 230 g/mol. The summed E-state index contributed by atoms with van der Waals surface area (Å²) in [5, 5.41) is 0.167. The van der Waals surface area contributed by atoms with Gasteiger partial charge in [0.1, 0.15) is 0 Å². The van der Waals surface area contributed by atoms with E-state index < -0.39 is 16.1 Å². The Morgan fingerprint density at radius 2 is 1.50 bits per heavy atom. The molecule has 0 fully saturated rings. The van der Waals surface area contributed by atoms with Crippen LogP contribution in [0.3, 0.4) is 0 Å². The molecule has 0 amide bonds. The third-order valence-corrected chi connectivity index (χ3v) is 10.6. The quantitative estimate of drug-likeness (QED) is 0.422. The lowest BCUT2D eigenvalue weighted by Gasteiger charge is -2.37. The maximum atomic E-state index is 11.2. The first kappa shape index (κ1) is 13.6. The second-order valence-electron chi connectivity index (χ2n) is 5.75. The van der Waals surface area contributed by atoms with Gasteiger partial charge in [0.25, 0.3) is 0 Å². The SMILES string of the molecule is C=CC(=O)OC([Si](C)(C)C)[Si](C)(C)C. The number of carbonyl (C=O) groups excluding carboxylic acids is 1. The lowest BCUT2D eigenvalue weighted by atomic mass is 10.7. The Balaban J connectivity index is 4.76. The first-order chi connectivity index (χ1) is 6.09. The van der Waals surface area contributed by atoms with E-state index in [0.29, 0.717) is 0 Å². The molecule has 0 aliphatic heterocycles. The van der Waals surface area contributed by atoms with Crippen molar-refractivity contribution in [2.45, 2.75) is 44.6 Å². The highest BCUT2D eigenvalue weighted by molar-refractivity contribution is 6.96. The van der Waals surface area contributed by atoms with Crippen molar-refractivity contribution < 1.29 is 9.53 Å². The minimum Gasteiger partial charge on any atom is -0.467 e. The molecule has 0 aromatic heterocycles. The Bertz CT molecular complexity index is 209. The largest absolute Gasteiger partial charge is 0.467 e. The highest BCUT2D eigenvalue weighted by atomic mass is 28.4. The van der Waals surface area contributed by atoms with Crippen LogP contribution in [0.25, 0.3) is 0 Å². The van der Waals surface area contributed by atoms with Crippen LogP contribution < -0.4 is 0 Å². The fraction of sp³-hybridized carbons (Fsp3) is 0.700. The van der Waals surface area contributed by atoms with Gasteiger partial charge in [0.05, 0.1) is 21.5 Å². The van der Waals surface area contributed by atoms with Crippen molar-refractivity contribution in [3.63, 3.8) is 0 Å². The van der Waals surface area contributed by atoms with Gasteiger partial charge in [-0.05, 0) is 0 Å². The number of ether oxygens (including phenoxy) is 1. The molecule has 82 valence electrons. The molecule has 0 aliphatic rings. The van der Waals surface area contributed by atoms with Crippen LogP contribution in [0, 0.1) is 0 Å². The van der Waals surface area contributed by atoms with Crippen LogP contribution in [-0.2, 0) is 9.53 Å². The zero-order chi connectivity index (χ0) is 11.6. The Labute approximate surface area is 89.4 Å². The van der Waals surface area contributed by atoms with Gasteiger partial charge in [-0.2, -0.15) is 0 Å². The van der Waals surface area contributed by atoms with E-state index in [1.54, 1.807) is 0 Å². The predicted octanol–water partition coefficient (Wildman–Crippen LogP) is 2.84. The van der Waals surface area contributed by atoms with Crippen LogP contribution in [0.5, 0.6) is 0 Å². The van der Waals surface area contributed by atoms with Crippen LogP contribution >= 0.6 is 0 Å². The first-order valence-electron chi connectivity index (χ1n) is 4.92. The van der Waals surface area contributed by atoms with Crippen molar-refractivity contribution in [2.24, 2.45) is 0 Å².